The molecule has 3 N–H and O–H groups in total. The van der Waals surface area contributed by atoms with Gasteiger partial charge in [0.25, 0.3) is 5.91 Å². The fraction of sp³-hybridized carbons (Fsp3) is 0.500. The molecule has 1 fully saturated rings. The molecule has 0 bridgehead atoms. The number of nitrogens with zero attached hydrogens (tertiary/aromatic N) is 1. The summed E-state index contributed by atoms with van der Waals surface area (Å²) in [5, 5.41) is 15.6. The van der Waals surface area contributed by atoms with Gasteiger partial charge in [-0.1, -0.05) is 24.6 Å². The van der Waals surface area contributed by atoms with E-state index in [9.17, 15) is 9.90 Å². The van der Waals surface area contributed by atoms with Gasteiger partial charge in [0.2, 0.25) is 0 Å². The Hall–Kier alpha value is -1.85. The largest absolute Gasteiger partial charge is 0.395 e. The number of amides is 1. The fourth-order valence-electron chi connectivity index (χ4n) is 2.99. The van der Waals surface area contributed by atoms with Crippen molar-refractivity contribution in [3.05, 3.63) is 42.5 Å². The molecule has 1 aliphatic heterocycles. The Kier molecular flexibility index (Phi) is 7.10. The smallest absolute Gasteiger partial charge is 0.253 e. The maximum absolute atomic E-state index is 12.4. The molecular weight excluding hydrogens is 290 g/mol. The number of hydrogen-bond acceptors (Lipinski definition) is 4. The second kappa shape index (κ2) is 9.33. The van der Waals surface area contributed by atoms with Crippen molar-refractivity contribution in [2.75, 3.05) is 38.1 Å². The Morgan fingerprint density at radius 1 is 1.39 bits per heavy atom. The Balaban J connectivity index is 1.86. The molecule has 23 heavy (non-hydrogen) atoms. The number of anilines is 1. The van der Waals surface area contributed by atoms with Gasteiger partial charge in [0.1, 0.15) is 0 Å². The summed E-state index contributed by atoms with van der Waals surface area (Å²) in [5.41, 5.74) is 1.46. The number of aliphatic hydroxyl groups excluding tert-OH is 1. The third-order valence-corrected chi connectivity index (χ3v) is 4.25. The Bertz CT molecular complexity index is 519. The van der Waals surface area contributed by atoms with E-state index in [-0.39, 0.29) is 18.6 Å². The van der Waals surface area contributed by atoms with Crippen LogP contribution in [0.1, 0.15) is 29.6 Å². The van der Waals surface area contributed by atoms with Gasteiger partial charge in [0.05, 0.1) is 12.2 Å². The molecule has 1 saturated heterocycles. The van der Waals surface area contributed by atoms with Crippen molar-refractivity contribution in [3.63, 3.8) is 0 Å². The Morgan fingerprint density at radius 2 is 2.22 bits per heavy atom. The van der Waals surface area contributed by atoms with E-state index in [2.05, 4.69) is 22.1 Å². The first-order chi connectivity index (χ1) is 11.3. The lowest BCUT2D eigenvalue weighted by Gasteiger charge is -2.34. The minimum absolute atomic E-state index is 0.0743. The molecule has 0 spiro atoms. The van der Waals surface area contributed by atoms with Crippen LogP contribution in [0, 0.1) is 0 Å². The van der Waals surface area contributed by atoms with Crippen LogP contribution < -0.4 is 10.6 Å². The first-order valence-corrected chi connectivity index (χ1v) is 8.33. The molecule has 1 atom stereocenters. The van der Waals surface area contributed by atoms with Crippen molar-refractivity contribution < 1.29 is 9.90 Å². The summed E-state index contributed by atoms with van der Waals surface area (Å²) in [5.74, 6) is -0.0743. The van der Waals surface area contributed by atoms with Crippen molar-refractivity contribution in [1.82, 2.24) is 10.2 Å². The average Bonchev–Trinajstić information content (AvgIpc) is 2.60. The summed E-state index contributed by atoms with van der Waals surface area (Å²) in [6.07, 6.45) is 5.15. The van der Waals surface area contributed by atoms with Crippen LogP contribution >= 0.6 is 0 Å². The molecule has 1 heterocycles. The number of nitrogens with one attached hydrogen (secondary N) is 2. The number of rotatable bonds is 8. The van der Waals surface area contributed by atoms with E-state index in [0.717, 1.165) is 25.2 Å². The molecule has 0 aliphatic carbocycles. The molecule has 0 aromatic heterocycles. The third kappa shape index (κ3) is 5.08. The molecule has 1 aliphatic rings. The maximum Gasteiger partial charge on any atom is 0.253 e. The van der Waals surface area contributed by atoms with Crippen molar-refractivity contribution >= 4 is 11.6 Å². The highest BCUT2D eigenvalue weighted by atomic mass is 16.3. The minimum Gasteiger partial charge on any atom is -0.395 e. The lowest BCUT2D eigenvalue weighted by atomic mass is 10.0. The molecule has 126 valence electrons. The van der Waals surface area contributed by atoms with Crippen LogP contribution in [-0.4, -0.2) is 54.7 Å². The topological polar surface area (TPSA) is 64.6 Å². The highest BCUT2D eigenvalue weighted by Crippen LogP contribution is 2.16. The van der Waals surface area contributed by atoms with Gasteiger partial charge in [0, 0.05) is 31.4 Å². The number of hydrogen-bond donors (Lipinski definition) is 3. The Labute approximate surface area is 138 Å². The maximum atomic E-state index is 12.4. The standard InChI is InChI=1S/C18H27N3O2/c1-2-10-19-17-9-4-3-8-16(17)18(23)20-11-13-21-12-6-5-7-15(21)14-22/h2-4,8-9,15,19,22H,1,5-7,10-14H2,(H,20,23). The van der Waals surface area contributed by atoms with Crippen LogP contribution in [0.4, 0.5) is 5.69 Å². The van der Waals surface area contributed by atoms with Crippen molar-refractivity contribution in [2.24, 2.45) is 0 Å². The van der Waals surface area contributed by atoms with E-state index in [1.807, 2.05) is 24.3 Å². The number of likely N-dealkylation sites (tertiary alicyclic amines) is 1. The monoisotopic (exact) mass is 317 g/mol. The number of benzene rings is 1. The van der Waals surface area contributed by atoms with E-state index in [1.165, 1.54) is 12.8 Å². The van der Waals surface area contributed by atoms with Gasteiger partial charge in [-0.15, -0.1) is 6.58 Å². The summed E-state index contributed by atoms with van der Waals surface area (Å²) >= 11 is 0. The van der Waals surface area contributed by atoms with Gasteiger partial charge in [-0.2, -0.15) is 0 Å². The van der Waals surface area contributed by atoms with Gasteiger partial charge >= 0.3 is 0 Å². The molecule has 1 unspecified atom stereocenters. The van der Waals surface area contributed by atoms with E-state index in [0.29, 0.717) is 18.7 Å². The second-order valence-corrected chi connectivity index (χ2v) is 5.84. The molecule has 1 amide bonds. The highest BCUT2D eigenvalue weighted by molar-refractivity contribution is 5.99. The highest BCUT2D eigenvalue weighted by Gasteiger charge is 2.21. The van der Waals surface area contributed by atoms with Gasteiger partial charge in [-0.05, 0) is 31.5 Å². The number of aliphatic hydroxyl groups is 1. The number of piperidine rings is 1. The number of carbonyl (C=O) groups is 1. The molecule has 1 aromatic rings. The Morgan fingerprint density at radius 3 is 3.00 bits per heavy atom. The predicted octanol–water partition coefficient (Wildman–Crippen LogP) is 1.86. The fourth-order valence-corrected chi connectivity index (χ4v) is 2.99. The first-order valence-electron chi connectivity index (χ1n) is 8.33. The zero-order chi connectivity index (χ0) is 16.5. The summed E-state index contributed by atoms with van der Waals surface area (Å²) in [6, 6.07) is 7.72. The lowest BCUT2D eigenvalue weighted by Crippen LogP contribution is -2.45. The number of carbonyl (C=O) groups excluding carboxylic acids is 1. The van der Waals surface area contributed by atoms with Crippen LogP contribution in [0.3, 0.4) is 0 Å². The van der Waals surface area contributed by atoms with Crippen molar-refractivity contribution in [3.8, 4) is 0 Å². The molecule has 5 nitrogen and oxygen atoms in total. The van der Waals surface area contributed by atoms with Crippen LogP contribution in [0.2, 0.25) is 0 Å². The zero-order valence-electron chi connectivity index (χ0n) is 13.6. The van der Waals surface area contributed by atoms with E-state index in [1.54, 1.807) is 6.08 Å². The summed E-state index contributed by atoms with van der Waals surface area (Å²) < 4.78 is 0. The summed E-state index contributed by atoms with van der Waals surface area (Å²) in [4.78, 5) is 14.6. The van der Waals surface area contributed by atoms with Gasteiger partial charge < -0.3 is 15.7 Å². The van der Waals surface area contributed by atoms with Gasteiger partial charge in [-0.25, -0.2) is 0 Å². The molecule has 0 radical (unpaired) electrons. The van der Waals surface area contributed by atoms with Crippen LogP contribution in [0.15, 0.2) is 36.9 Å². The van der Waals surface area contributed by atoms with E-state index < -0.39 is 0 Å². The average molecular weight is 317 g/mol. The molecule has 2 rings (SSSR count). The zero-order valence-corrected chi connectivity index (χ0v) is 13.6. The van der Waals surface area contributed by atoms with Crippen LogP contribution in [0.5, 0.6) is 0 Å². The van der Waals surface area contributed by atoms with E-state index in [4.69, 9.17) is 0 Å². The SMILES string of the molecule is C=CCNc1ccccc1C(=O)NCCN1CCCCC1CO. The third-order valence-electron chi connectivity index (χ3n) is 4.25. The molecular formula is C18H27N3O2. The summed E-state index contributed by atoms with van der Waals surface area (Å²) in [7, 11) is 0. The second-order valence-electron chi connectivity index (χ2n) is 5.84. The normalized spacial score (nSPS) is 18.4. The van der Waals surface area contributed by atoms with Crippen molar-refractivity contribution in [1.29, 1.82) is 0 Å². The van der Waals surface area contributed by atoms with E-state index >= 15 is 0 Å². The van der Waals surface area contributed by atoms with Gasteiger partial charge in [0.15, 0.2) is 0 Å². The lowest BCUT2D eigenvalue weighted by molar-refractivity contribution is 0.0849. The van der Waals surface area contributed by atoms with Crippen LogP contribution in [-0.2, 0) is 0 Å². The quantitative estimate of drug-likeness (QED) is 0.640. The van der Waals surface area contributed by atoms with Crippen LogP contribution in [0.25, 0.3) is 0 Å². The number of para-hydroxylation sites is 1. The summed E-state index contributed by atoms with van der Waals surface area (Å²) in [6.45, 7) is 6.86. The van der Waals surface area contributed by atoms with Gasteiger partial charge in [-0.3, -0.25) is 9.69 Å². The molecule has 1 aromatic carbocycles. The molecule has 0 saturated carbocycles. The predicted molar refractivity (Wildman–Crippen MR) is 93.8 cm³/mol. The molecule has 5 heteroatoms. The van der Waals surface area contributed by atoms with Crippen molar-refractivity contribution in [2.45, 2.75) is 25.3 Å². The first kappa shape index (κ1) is 17.5. The minimum atomic E-state index is -0.0743.